The van der Waals surface area contributed by atoms with Crippen molar-refractivity contribution in [2.75, 3.05) is 4.90 Å². The van der Waals surface area contributed by atoms with Crippen LogP contribution in [0.5, 0.6) is 0 Å². The number of nitrogens with zero attached hydrogens (tertiary/aromatic N) is 2. The Bertz CT molecular complexity index is 495. The molecule has 1 unspecified atom stereocenters. The summed E-state index contributed by atoms with van der Waals surface area (Å²) in [5.74, 6) is -0.849. The highest BCUT2D eigenvalue weighted by atomic mass is 16.6. The van der Waals surface area contributed by atoms with Crippen molar-refractivity contribution in [2.45, 2.75) is 13.3 Å². The Balaban J connectivity index is 2.32. The Morgan fingerprint density at radius 1 is 1.29 bits per heavy atom. The van der Waals surface area contributed by atoms with E-state index in [0.29, 0.717) is 5.69 Å². The fourth-order valence-electron chi connectivity index (χ4n) is 1.78. The van der Waals surface area contributed by atoms with Gasteiger partial charge in [-0.15, -0.1) is 0 Å². The fourth-order valence-corrected chi connectivity index (χ4v) is 1.78. The molecular weight excluding hydrogens is 224 g/mol. The molecule has 1 heterocycles. The first-order chi connectivity index (χ1) is 8.00. The number of rotatable bonds is 2. The normalized spacial score (nSPS) is 19.8. The molecule has 1 saturated heterocycles. The second-order valence-corrected chi connectivity index (χ2v) is 3.95. The van der Waals surface area contributed by atoms with Crippen LogP contribution in [0.25, 0.3) is 0 Å². The van der Waals surface area contributed by atoms with Gasteiger partial charge in [-0.3, -0.25) is 24.6 Å². The van der Waals surface area contributed by atoms with Gasteiger partial charge >= 0.3 is 0 Å². The van der Waals surface area contributed by atoms with Gasteiger partial charge in [-0.1, -0.05) is 6.92 Å². The molecule has 1 atom stereocenters. The van der Waals surface area contributed by atoms with E-state index in [2.05, 4.69) is 0 Å². The van der Waals surface area contributed by atoms with Gasteiger partial charge in [0, 0.05) is 24.5 Å². The molecule has 2 amide bonds. The van der Waals surface area contributed by atoms with E-state index in [4.69, 9.17) is 0 Å². The fraction of sp³-hybridized carbons (Fsp3) is 0.273. The predicted molar refractivity (Wildman–Crippen MR) is 59.4 cm³/mol. The van der Waals surface area contributed by atoms with Crippen molar-refractivity contribution in [3.05, 3.63) is 34.4 Å². The van der Waals surface area contributed by atoms with E-state index in [1.54, 1.807) is 6.92 Å². The molecule has 0 bridgehead atoms. The van der Waals surface area contributed by atoms with Gasteiger partial charge in [0.05, 0.1) is 10.6 Å². The molecule has 0 spiro atoms. The van der Waals surface area contributed by atoms with E-state index in [1.165, 1.54) is 24.3 Å². The van der Waals surface area contributed by atoms with Gasteiger partial charge in [0.2, 0.25) is 11.8 Å². The van der Waals surface area contributed by atoms with E-state index < -0.39 is 4.92 Å². The number of carbonyl (C=O) groups is 2. The lowest BCUT2D eigenvalue weighted by Gasteiger charge is -2.13. The van der Waals surface area contributed by atoms with Crippen molar-refractivity contribution in [2.24, 2.45) is 5.92 Å². The van der Waals surface area contributed by atoms with E-state index in [0.717, 1.165) is 4.90 Å². The second-order valence-electron chi connectivity index (χ2n) is 3.95. The van der Waals surface area contributed by atoms with Crippen LogP contribution >= 0.6 is 0 Å². The molecule has 6 heteroatoms. The van der Waals surface area contributed by atoms with E-state index in [1.807, 2.05) is 0 Å². The summed E-state index contributed by atoms with van der Waals surface area (Å²) in [5, 5.41) is 10.5. The summed E-state index contributed by atoms with van der Waals surface area (Å²) >= 11 is 0. The number of anilines is 1. The summed E-state index contributed by atoms with van der Waals surface area (Å²) in [6.07, 6.45) is 0.190. The standard InChI is InChI=1S/C11H10N2O4/c1-7-6-10(14)12(11(7)15)8-2-4-9(5-3-8)13(16)17/h2-5,7H,6H2,1H3. The zero-order chi connectivity index (χ0) is 12.6. The topological polar surface area (TPSA) is 80.5 Å². The average molecular weight is 234 g/mol. The summed E-state index contributed by atoms with van der Waals surface area (Å²) in [7, 11) is 0. The Morgan fingerprint density at radius 2 is 1.88 bits per heavy atom. The zero-order valence-corrected chi connectivity index (χ0v) is 9.12. The molecule has 1 aromatic carbocycles. The highest BCUT2D eigenvalue weighted by molar-refractivity contribution is 6.20. The van der Waals surface area contributed by atoms with Gasteiger partial charge in [-0.05, 0) is 12.1 Å². The van der Waals surface area contributed by atoms with Crippen LogP contribution in [-0.4, -0.2) is 16.7 Å². The van der Waals surface area contributed by atoms with Gasteiger partial charge < -0.3 is 0 Å². The Kier molecular flexibility index (Phi) is 2.63. The second kappa shape index (κ2) is 3.97. The quantitative estimate of drug-likeness (QED) is 0.441. The highest BCUT2D eigenvalue weighted by Crippen LogP contribution is 2.27. The molecule has 0 radical (unpaired) electrons. The largest absolute Gasteiger partial charge is 0.274 e. The number of nitro benzene ring substituents is 1. The molecule has 0 aromatic heterocycles. The van der Waals surface area contributed by atoms with Gasteiger partial charge in [0.1, 0.15) is 0 Å². The molecule has 1 aromatic rings. The van der Waals surface area contributed by atoms with Crippen LogP contribution in [0.3, 0.4) is 0 Å². The minimum atomic E-state index is -0.528. The first kappa shape index (κ1) is 11.3. The molecular formula is C11H10N2O4. The Hall–Kier alpha value is -2.24. The van der Waals surface area contributed by atoms with Gasteiger partial charge in [0.25, 0.3) is 5.69 Å². The summed E-state index contributed by atoms with van der Waals surface area (Å²) in [5.41, 5.74) is 0.316. The number of carbonyl (C=O) groups excluding carboxylic acids is 2. The first-order valence-electron chi connectivity index (χ1n) is 5.12. The Morgan fingerprint density at radius 3 is 2.29 bits per heavy atom. The molecule has 0 aliphatic carbocycles. The third kappa shape index (κ3) is 1.89. The third-order valence-corrected chi connectivity index (χ3v) is 2.69. The smallest absolute Gasteiger partial charge is 0.269 e. The molecule has 17 heavy (non-hydrogen) atoms. The van der Waals surface area contributed by atoms with E-state index >= 15 is 0 Å². The van der Waals surface area contributed by atoms with E-state index in [-0.39, 0.29) is 29.8 Å². The zero-order valence-electron chi connectivity index (χ0n) is 9.12. The van der Waals surface area contributed by atoms with Crippen LogP contribution in [0.1, 0.15) is 13.3 Å². The van der Waals surface area contributed by atoms with Crippen LogP contribution in [0.2, 0.25) is 0 Å². The molecule has 1 aliphatic rings. The van der Waals surface area contributed by atoms with Crippen molar-refractivity contribution >= 4 is 23.2 Å². The molecule has 1 aliphatic heterocycles. The van der Waals surface area contributed by atoms with E-state index in [9.17, 15) is 19.7 Å². The predicted octanol–water partition coefficient (Wildman–Crippen LogP) is 1.49. The molecule has 1 fully saturated rings. The Labute approximate surface area is 97.0 Å². The number of hydrogen-bond donors (Lipinski definition) is 0. The monoisotopic (exact) mass is 234 g/mol. The van der Waals surface area contributed by atoms with Crippen LogP contribution < -0.4 is 4.90 Å². The lowest BCUT2D eigenvalue weighted by molar-refractivity contribution is -0.384. The van der Waals surface area contributed by atoms with Crippen molar-refractivity contribution in [3.8, 4) is 0 Å². The third-order valence-electron chi connectivity index (χ3n) is 2.69. The average Bonchev–Trinajstić information content (AvgIpc) is 2.53. The minimum Gasteiger partial charge on any atom is -0.274 e. The van der Waals surface area contributed by atoms with Crippen LogP contribution in [0, 0.1) is 16.0 Å². The number of imide groups is 1. The molecule has 0 N–H and O–H groups in total. The lowest BCUT2D eigenvalue weighted by Crippen LogP contribution is -2.29. The van der Waals surface area contributed by atoms with Gasteiger partial charge in [-0.2, -0.15) is 0 Å². The number of amides is 2. The number of non-ortho nitro benzene ring substituents is 1. The first-order valence-corrected chi connectivity index (χ1v) is 5.12. The highest BCUT2D eigenvalue weighted by Gasteiger charge is 2.36. The van der Waals surface area contributed by atoms with Crippen LogP contribution in [-0.2, 0) is 9.59 Å². The molecule has 2 rings (SSSR count). The summed E-state index contributed by atoms with van der Waals surface area (Å²) < 4.78 is 0. The van der Waals surface area contributed by atoms with Crippen LogP contribution in [0.15, 0.2) is 24.3 Å². The van der Waals surface area contributed by atoms with Gasteiger partial charge in [-0.25, -0.2) is 0 Å². The van der Waals surface area contributed by atoms with Crippen molar-refractivity contribution in [1.29, 1.82) is 0 Å². The lowest BCUT2D eigenvalue weighted by atomic mass is 10.1. The number of benzene rings is 1. The summed E-state index contributed by atoms with van der Waals surface area (Å²) in [6.45, 7) is 1.69. The number of nitro groups is 1. The maximum Gasteiger partial charge on any atom is 0.269 e. The van der Waals surface area contributed by atoms with Crippen molar-refractivity contribution in [3.63, 3.8) is 0 Å². The summed E-state index contributed by atoms with van der Waals surface area (Å²) in [6, 6.07) is 5.37. The maximum absolute atomic E-state index is 11.7. The maximum atomic E-state index is 11.7. The summed E-state index contributed by atoms with van der Waals surface area (Å²) in [4.78, 5) is 34.3. The van der Waals surface area contributed by atoms with Gasteiger partial charge in [0.15, 0.2) is 0 Å². The molecule has 6 nitrogen and oxygen atoms in total. The van der Waals surface area contributed by atoms with Crippen molar-refractivity contribution in [1.82, 2.24) is 0 Å². The number of hydrogen-bond acceptors (Lipinski definition) is 4. The van der Waals surface area contributed by atoms with Crippen molar-refractivity contribution < 1.29 is 14.5 Å². The minimum absolute atomic E-state index is 0.0686. The molecule has 0 saturated carbocycles. The molecule has 88 valence electrons. The van der Waals surface area contributed by atoms with Crippen LogP contribution in [0.4, 0.5) is 11.4 Å². The SMILES string of the molecule is CC1CC(=O)N(c2ccc([N+](=O)[O-])cc2)C1=O.